The molecule has 0 aliphatic rings. The number of aromatic nitrogens is 1. The van der Waals surface area contributed by atoms with E-state index < -0.39 is 17.6 Å². The van der Waals surface area contributed by atoms with Gasteiger partial charge in [-0.2, -0.15) is 5.26 Å². The Kier molecular flexibility index (Phi) is 6.60. The summed E-state index contributed by atoms with van der Waals surface area (Å²) >= 11 is 0. The van der Waals surface area contributed by atoms with Gasteiger partial charge in [0.05, 0.1) is 30.5 Å². The zero-order chi connectivity index (χ0) is 21.5. The lowest BCUT2D eigenvalue weighted by molar-refractivity contribution is -0.128. The Morgan fingerprint density at radius 3 is 2.57 bits per heavy atom. The van der Waals surface area contributed by atoms with Crippen LogP contribution < -0.4 is 10.1 Å². The number of aryl methyl sites for hydroxylation is 1. The monoisotopic (exact) mass is 403 g/mol. The first-order valence-electron chi connectivity index (χ1n) is 9.50. The minimum absolute atomic E-state index is 0.180. The molecule has 30 heavy (non-hydrogen) atoms. The van der Waals surface area contributed by atoms with Crippen LogP contribution in [0.5, 0.6) is 5.75 Å². The van der Waals surface area contributed by atoms with E-state index in [2.05, 4.69) is 10.3 Å². The number of rotatable bonds is 8. The second-order valence-electron chi connectivity index (χ2n) is 6.51. The summed E-state index contributed by atoms with van der Waals surface area (Å²) in [6, 6.07) is 17.9. The van der Waals surface area contributed by atoms with E-state index >= 15 is 0 Å². The molecule has 1 heterocycles. The summed E-state index contributed by atoms with van der Waals surface area (Å²) in [5.41, 5.74) is 1.59. The van der Waals surface area contributed by atoms with Gasteiger partial charge in [0.25, 0.3) is 0 Å². The molecule has 0 spiro atoms. The molecule has 0 saturated heterocycles. The van der Waals surface area contributed by atoms with E-state index in [4.69, 9.17) is 9.15 Å². The van der Waals surface area contributed by atoms with Gasteiger partial charge in [-0.25, -0.2) is 4.98 Å². The zero-order valence-corrected chi connectivity index (χ0v) is 16.7. The molecule has 0 radical (unpaired) electrons. The molecule has 1 aromatic heterocycles. The van der Waals surface area contributed by atoms with E-state index in [1.54, 1.807) is 37.3 Å². The maximum atomic E-state index is 12.7. The van der Waals surface area contributed by atoms with Gasteiger partial charge in [0.1, 0.15) is 11.5 Å². The average Bonchev–Trinajstić information content (AvgIpc) is 3.11. The van der Waals surface area contributed by atoms with Crippen LogP contribution in [0.25, 0.3) is 11.5 Å². The van der Waals surface area contributed by atoms with Crippen molar-refractivity contribution in [2.45, 2.75) is 20.3 Å². The molecule has 1 unspecified atom stereocenters. The predicted octanol–water partition coefficient (Wildman–Crippen LogP) is 3.94. The van der Waals surface area contributed by atoms with Crippen LogP contribution in [0, 0.1) is 24.2 Å². The van der Waals surface area contributed by atoms with Gasteiger partial charge in [-0.15, -0.1) is 0 Å². The summed E-state index contributed by atoms with van der Waals surface area (Å²) in [7, 11) is 0. The number of ketones is 1. The highest BCUT2D eigenvalue weighted by molar-refractivity contribution is 6.10. The molecule has 1 atom stereocenters. The van der Waals surface area contributed by atoms with Gasteiger partial charge in [-0.3, -0.25) is 9.59 Å². The van der Waals surface area contributed by atoms with Crippen molar-refractivity contribution < 1.29 is 18.7 Å². The fourth-order valence-electron chi connectivity index (χ4n) is 2.90. The number of hydrogen-bond donors (Lipinski definition) is 1. The number of nitrogens with one attached hydrogen (secondary N) is 1. The summed E-state index contributed by atoms with van der Waals surface area (Å²) in [6.45, 7) is 3.94. The van der Waals surface area contributed by atoms with Crippen molar-refractivity contribution in [2.24, 2.45) is 5.92 Å². The number of ether oxygens (including phenoxy) is 1. The van der Waals surface area contributed by atoms with E-state index in [9.17, 15) is 14.9 Å². The lowest BCUT2D eigenvalue weighted by Gasteiger charge is -2.13. The van der Waals surface area contributed by atoms with Gasteiger partial charge in [0, 0.05) is 5.56 Å². The number of Topliss-reactive ketones (excluding diaryl/α,β-unsaturated/α-hetero) is 1. The molecule has 0 saturated carbocycles. The van der Waals surface area contributed by atoms with E-state index in [1.807, 2.05) is 37.3 Å². The molecule has 1 amide bonds. The van der Waals surface area contributed by atoms with Crippen LogP contribution in [0.1, 0.15) is 18.4 Å². The Bertz CT molecular complexity index is 1080. The van der Waals surface area contributed by atoms with E-state index in [-0.39, 0.29) is 6.42 Å². The molecule has 0 aliphatic carbocycles. The first-order valence-corrected chi connectivity index (χ1v) is 9.50. The Morgan fingerprint density at radius 2 is 1.87 bits per heavy atom. The van der Waals surface area contributed by atoms with Crippen molar-refractivity contribution >= 4 is 17.4 Å². The molecule has 0 aliphatic heterocycles. The SMILES string of the molecule is CCOc1ccccc1NC(=O)C(C#N)C(=O)Cc1nc(-c2ccccc2)oc1C. The van der Waals surface area contributed by atoms with Crippen molar-refractivity contribution in [2.75, 3.05) is 11.9 Å². The van der Waals surface area contributed by atoms with E-state index in [0.717, 1.165) is 5.56 Å². The smallest absolute Gasteiger partial charge is 0.249 e. The Morgan fingerprint density at radius 1 is 1.17 bits per heavy atom. The minimum Gasteiger partial charge on any atom is -0.492 e. The van der Waals surface area contributed by atoms with Crippen LogP contribution in [0.15, 0.2) is 59.0 Å². The number of benzene rings is 2. The highest BCUT2D eigenvalue weighted by Gasteiger charge is 2.28. The number of hydrogen-bond acceptors (Lipinski definition) is 6. The van der Waals surface area contributed by atoms with Gasteiger partial charge in [0.15, 0.2) is 11.7 Å². The summed E-state index contributed by atoms with van der Waals surface area (Å²) in [5.74, 6) is -1.41. The third kappa shape index (κ3) is 4.73. The number of carbonyl (C=O) groups is 2. The molecule has 2 aromatic carbocycles. The second kappa shape index (κ2) is 9.52. The third-order valence-corrected chi connectivity index (χ3v) is 4.41. The van der Waals surface area contributed by atoms with Crippen LogP contribution in [0.2, 0.25) is 0 Å². The summed E-state index contributed by atoms with van der Waals surface area (Å²) in [5, 5.41) is 12.0. The Labute approximate surface area is 174 Å². The highest BCUT2D eigenvalue weighted by Crippen LogP contribution is 2.25. The summed E-state index contributed by atoms with van der Waals surface area (Å²) in [6.07, 6.45) is -0.180. The van der Waals surface area contributed by atoms with Crippen LogP contribution >= 0.6 is 0 Å². The molecule has 3 rings (SSSR count). The van der Waals surface area contributed by atoms with Gasteiger partial charge in [0.2, 0.25) is 11.8 Å². The van der Waals surface area contributed by atoms with Crippen molar-refractivity contribution in [3.05, 3.63) is 66.1 Å². The second-order valence-corrected chi connectivity index (χ2v) is 6.51. The quantitative estimate of drug-likeness (QED) is 0.571. The molecule has 7 heteroatoms. The number of para-hydroxylation sites is 2. The fraction of sp³-hybridized carbons (Fsp3) is 0.217. The van der Waals surface area contributed by atoms with Crippen LogP contribution in [-0.2, 0) is 16.0 Å². The van der Waals surface area contributed by atoms with Crippen molar-refractivity contribution in [1.29, 1.82) is 5.26 Å². The normalized spacial score (nSPS) is 11.4. The topological polar surface area (TPSA) is 105 Å². The third-order valence-electron chi connectivity index (χ3n) is 4.41. The number of nitrogens with zero attached hydrogens (tertiary/aromatic N) is 2. The molecule has 7 nitrogen and oxygen atoms in total. The lowest BCUT2D eigenvalue weighted by Crippen LogP contribution is -2.30. The van der Waals surface area contributed by atoms with Gasteiger partial charge in [-0.05, 0) is 38.1 Å². The first-order chi connectivity index (χ1) is 14.5. The molecule has 3 aromatic rings. The maximum Gasteiger partial charge on any atom is 0.249 e. The van der Waals surface area contributed by atoms with Crippen molar-refractivity contribution in [3.63, 3.8) is 0 Å². The van der Waals surface area contributed by atoms with E-state index in [0.29, 0.717) is 35.4 Å². The standard InChI is InChI=1S/C23H21N3O4/c1-3-29-21-12-8-7-11-18(21)25-22(28)17(14-24)20(27)13-19-15(2)30-23(26-19)16-9-5-4-6-10-16/h4-12,17H,3,13H2,1-2H3,(H,25,28). The number of amides is 1. The van der Waals surface area contributed by atoms with Gasteiger partial charge >= 0.3 is 0 Å². The molecule has 1 N–H and O–H groups in total. The Balaban J connectivity index is 1.73. The van der Waals surface area contributed by atoms with E-state index in [1.165, 1.54) is 0 Å². The number of anilines is 1. The summed E-state index contributed by atoms with van der Waals surface area (Å²) < 4.78 is 11.1. The van der Waals surface area contributed by atoms with Crippen LogP contribution in [-0.4, -0.2) is 23.3 Å². The largest absolute Gasteiger partial charge is 0.492 e. The molecule has 0 bridgehead atoms. The molecular formula is C23H21N3O4. The number of carbonyl (C=O) groups excluding carboxylic acids is 2. The Hall–Kier alpha value is -3.92. The maximum absolute atomic E-state index is 12.7. The van der Waals surface area contributed by atoms with Crippen LogP contribution in [0.4, 0.5) is 5.69 Å². The van der Waals surface area contributed by atoms with Crippen LogP contribution in [0.3, 0.4) is 0 Å². The molecular weight excluding hydrogens is 382 g/mol. The molecule has 152 valence electrons. The zero-order valence-electron chi connectivity index (χ0n) is 16.7. The highest BCUT2D eigenvalue weighted by atomic mass is 16.5. The number of nitriles is 1. The fourth-order valence-corrected chi connectivity index (χ4v) is 2.90. The molecule has 0 fully saturated rings. The van der Waals surface area contributed by atoms with Gasteiger partial charge < -0.3 is 14.5 Å². The number of oxazole rings is 1. The van der Waals surface area contributed by atoms with Crippen molar-refractivity contribution in [1.82, 2.24) is 4.98 Å². The van der Waals surface area contributed by atoms with Gasteiger partial charge in [-0.1, -0.05) is 30.3 Å². The lowest BCUT2D eigenvalue weighted by atomic mass is 10.00. The summed E-state index contributed by atoms with van der Waals surface area (Å²) in [4.78, 5) is 29.6. The first kappa shape index (κ1) is 20.8. The van der Waals surface area contributed by atoms with Crippen molar-refractivity contribution in [3.8, 4) is 23.3 Å². The predicted molar refractivity (Wildman–Crippen MR) is 111 cm³/mol. The average molecular weight is 403 g/mol. The minimum atomic E-state index is -1.48.